The van der Waals surface area contributed by atoms with Gasteiger partial charge in [-0.1, -0.05) is 36.4 Å². The summed E-state index contributed by atoms with van der Waals surface area (Å²) < 4.78 is 5.70. The van der Waals surface area contributed by atoms with E-state index in [-0.39, 0.29) is 29.3 Å². The number of non-ortho nitro benzene ring substituents is 1. The molecule has 4 rings (SSSR count). The average molecular weight is 490 g/mol. The number of imide groups is 1. The van der Waals surface area contributed by atoms with E-state index in [1.165, 1.54) is 24.3 Å². The monoisotopic (exact) mass is 490 g/mol. The van der Waals surface area contributed by atoms with Crippen LogP contribution in [0.2, 0.25) is 0 Å². The minimum absolute atomic E-state index is 0.0560. The number of carboxylic acids is 1. The second-order valence-corrected chi connectivity index (χ2v) is 8.55. The number of hydrogen-bond acceptors (Lipinski definition) is 7. The number of aromatic carboxylic acids is 1. The molecule has 1 aliphatic heterocycles. The molecule has 9 nitrogen and oxygen atoms in total. The zero-order valence-electron chi connectivity index (χ0n) is 18.1. The summed E-state index contributed by atoms with van der Waals surface area (Å²) in [4.78, 5) is 48.0. The molecule has 176 valence electrons. The summed E-state index contributed by atoms with van der Waals surface area (Å²) >= 11 is 0.807. The smallest absolute Gasteiger partial charge is 0.335 e. The number of ether oxygens (including phenoxy) is 1. The van der Waals surface area contributed by atoms with E-state index in [1.807, 2.05) is 0 Å². The Balaban J connectivity index is 1.40. The summed E-state index contributed by atoms with van der Waals surface area (Å²) in [6, 6.07) is 19.2. The van der Waals surface area contributed by atoms with Crippen LogP contribution in [0.25, 0.3) is 6.08 Å². The topological polar surface area (TPSA) is 127 Å². The molecule has 3 aromatic carbocycles. The summed E-state index contributed by atoms with van der Waals surface area (Å²) in [6.45, 7) is 0.135. The largest absolute Gasteiger partial charge is 0.489 e. The number of carboxylic acid groups (broad SMARTS) is 1. The molecule has 0 bridgehead atoms. The fraction of sp³-hybridized carbons (Fsp3) is 0.0800. The van der Waals surface area contributed by atoms with Crippen molar-refractivity contribution in [3.8, 4) is 5.75 Å². The van der Waals surface area contributed by atoms with Gasteiger partial charge in [-0.05, 0) is 58.8 Å². The summed E-state index contributed by atoms with van der Waals surface area (Å²) in [5.41, 5.74) is 1.96. The lowest BCUT2D eigenvalue weighted by atomic mass is 10.1. The lowest BCUT2D eigenvalue weighted by Gasteiger charge is -2.12. The molecule has 0 spiro atoms. The number of carbonyl (C=O) groups is 3. The molecular formula is C25H18N2O7S. The van der Waals surface area contributed by atoms with E-state index in [9.17, 15) is 24.5 Å². The van der Waals surface area contributed by atoms with Crippen LogP contribution in [0.5, 0.6) is 5.75 Å². The quantitative estimate of drug-likeness (QED) is 0.262. The van der Waals surface area contributed by atoms with Gasteiger partial charge in [-0.2, -0.15) is 0 Å². The molecule has 1 fully saturated rings. The van der Waals surface area contributed by atoms with Gasteiger partial charge in [0, 0.05) is 12.1 Å². The highest BCUT2D eigenvalue weighted by molar-refractivity contribution is 8.18. The average Bonchev–Trinajstić information content (AvgIpc) is 3.11. The molecular weight excluding hydrogens is 472 g/mol. The number of hydrogen-bond donors (Lipinski definition) is 1. The van der Waals surface area contributed by atoms with Crippen molar-refractivity contribution in [3.05, 3.63) is 110 Å². The third-order valence-corrected chi connectivity index (χ3v) is 6.00. The Bertz CT molecular complexity index is 1350. The van der Waals surface area contributed by atoms with Crippen LogP contribution in [0, 0.1) is 10.1 Å². The maximum atomic E-state index is 12.8. The Labute approximate surface area is 203 Å². The van der Waals surface area contributed by atoms with Crippen molar-refractivity contribution in [3.63, 3.8) is 0 Å². The maximum absolute atomic E-state index is 12.8. The van der Waals surface area contributed by atoms with Gasteiger partial charge < -0.3 is 9.84 Å². The van der Waals surface area contributed by atoms with Crippen molar-refractivity contribution in [1.29, 1.82) is 0 Å². The SMILES string of the molecule is O=C(O)c1cccc(COc2ccc(/C=C3\SC(=O)N(Cc4cccc([N+](=O)[O-])c4)C3=O)cc2)c1. The van der Waals surface area contributed by atoms with Crippen LogP contribution in [-0.4, -0.2) is 32.0 Å². The van der Waals surface area contributed by atoms with Crippen LogP contribution in [0.4, 0.5) is 10.5 Å². The van der Waals surface area contributed by atoms with Crippen molar-refractivity contribution in [2.45, 2.75) is 13.2 Å². The van der Waals surface area contributed by atoms with E-state index < -0.39 is 22.0 Å². The van der Waals surface area contributed by atoms with E-state index in [2.05, 4.69) is 0 Å². The predicted molar refractivity (Wildman–Crippen MR) is 129 cm³/mol. The minimum Gasteiger partial charge on any atom is -0.489 e. The number of thioether (sulfide) groups is 1. The first-order chi connectivity index (χ1) is 16.8. The molecule has 0 radical (unpaired) electrons. The molecule has 0 saturated carbocycles. The first-order valence-corrected chi connectivity index (χ1v) is 11.2. The van der Waals surface area contributed by atoms with Crippen LogP contribution in [0.15, 0.2) is 77.7 Å². The van der Waals surface area contributed by atoms with Gasteiger partial charge in [0.05, 0.1) is 21.9 Å². The fourth-order valence-corrected chi connectivity index (χ4v) is 4.20. The summed E-state index contributed by atoms with van der Waals surface area (Å²) in [6.07, 6.45) is 1.60. The number of benzene rings is 3. The van der Waals surface area contributed by atoms with Gasteiger partial charge in [0.25, 0.3) is 16.8 Å². The van der Waals surface area contributed by atoms with Crippen LogP contribution >= 0.6 is 11.8 Å². The molecule has 3 aromatic rings. The summed E-state index contributed by atoms with van der Waals surface area (Å²) in [5, 5.41) is 19.6. The number of nitro benzene ring substituents is 1. The van der Waals surface area contributed by atoms with Crippen LogP contribution < -0.4 is 4.74 Å². The number of carbonyl (C=O) groups excluding carboxylic acids is 2. The van der Waals surface area contributed by atoms with Gasteiger partial charge in [-0.3, -0.25) is 24.6 Å². The zero-order valence-corrected chi connectivity index (χ0v) is 18.9. The van der Waals surface area contributed by atoms with Crippen molar-refractivity contribution < 1.29 is 29.2 Å². The number of amides is 2. The summed E-state index contributed by atoms with van der Waals surface area (Å²) in [5.74, 6) is -0.919. The molecule has 2 amide bonds. The third-order valence-electron chi connectivity index (χ3n) is 5.09. The molecule has 10 heteroatoms. The van der Waals surface area contributed by atoms with Crippen molar-refractivity contribution >= 4 is 40.6 Å². The Kier molecular flexibility index (Phi) is 6.93. The Morgan fingerprint density at radius 1 is 1.03 bits per heavy atom. The minimum atomic E-state index is -1.01. The lowest BCUT2D eigenvalue weighted by molar-refractivity contribution is -0.384. The molecule has 0 aromatic heterocycles. The Morgan fingerprint density at radius 2 is 1.74 bits per heavy atom. The maximum Gasteiger partial charge on any atom is 0.335 e. The van der Waals surface area contributed by atoms with E-state index in [0.717, 1.165) is 16.7 Å². The highest BCUT2D eigenvalue weighted by atomic mass is 32.2. The number of nitro groups is 1. The highest BCUT2D eigenvalue weighted by Gasteiger charge is 2.35. The predicted octanol–water partition coefficient (Wildman–Crippen LogP) is 5.11. The van der Waals surface area contributed by atoms with Gasteiger partial charge in [0.1, 0.15) is 12.4 Å². The van der Waals surface area contributed by atoms with Crippen LogP contribution in [-0.2, 0) is 17.9 Å². The fourth-order valence-electron chi connectivity index (χ4n) is 3.36. The second kappa shape index (κ2) is 10.2. The Morgan fingerprint density at radius 3 is 2.46 bits per heavy atom. The van der Waals surface area contributed by atoms with E-state index in [0.29, 0.717) is 22.4 Å². The standard InChI is InChI=1S/C25H18N2O7S/c28-23-22(35-25(31)26(23)14-17-3-2-6-20(12-17)27(32)33)13-16-7-9-21(10-8-16)34-15-18-4-1-5-19(11-18)24(29)30/h1-13H,14-15H2,(H,29,30)/b22-13-. The molecule has 0 aliphatic carbocycles. The lowest BCUT2D eigenvalue weighted by Crippen LogP contribution is -2.27. The van der Waals surface area contributed by atoms with E-state index >= 15 is 0 Å². The van der Waals surface area contributed by atoms with Gasteiger partial charge in [-0.25, -0.2) is 4.79 Å². The van der Waals surface area contributed by atoms with Gasteiger partial charge in [0.15, 0.2) is 0 Å². The first kappa shape index (κ1) is 23.7. The normalized spacial score (nSPS) is 14.4. The van der Waals surface area contributed by atoms with Crippen LogP contribution in [0.1, 0.15) is 27.0 Å². The van der Waals surface area contributed by atoms with Crippen LogP contribution in [0.3, 0.4) is 0 Å². The molecule has 0 unspecified atom stereocenters. The van der Waals surface area contributed by atoms with E-state index in [1.54, 1.807) is 54.6 Å². The van der Waals surface area contributed by atoms with Crippen molar-refractivity contribution in [2.24, 2.45) is 0 Å². The molecule has 1 heterocycles. The zero-order chi connectivity index (χ0) is 24.9. The number of nitrogens with zero attached hydrogens (tertiary/aromatic N) is 2. The molecule has 1 N–H and O–H groups in total. The van der Waals surface area contributed by atoms with Crippen molar-refractivity contribution in [1.82, 2.24) is 4.90 Å². The number of rotatable bonds is 8. The summed E-state index contributed by atoms with van der Waals surface area (Å²) in [7, 11) is 0. The molecule has 1 aliphatic rings. The highest BCUT2D eigenvalue weighted by Crippen LogP contribution is 2.33. The second-order valence-electron chi connectivity index (χ2n) is 7.56. The first-order valence-electron chi connectivity index (χ1n) is 10.3. The molecule has 35 heavy (non-hydrogen) atoms. The van der Waals surface area contributed by atoms with Crippen molar-refractivity contribution in [2.75, 3.05) is 0 Å². The molecule has 0 atom stereocenters. The van der Waals surface area contributed by atoms with Gasteiger partial charge >= 0.3 is 5.97 Å². The van der Waals surface area contributed by atoms with Gasteiger partial charge in [-0.15, -0.1) is 0 Å². The van der Waals surface area contributed by atoms with E-state index in [4.69, 9.17) is 9.84 Å². The third kappa shape index (κ3) is 5.74. The molecule has 1 saturated heterocycles. The Hall–Kier alpha value is -4.44. The van der Waals surface area contributed by atoms with Gasteiger partial charge in [0.2, 0.25) is 0 Å².